The maximum atomic E-state index is 6.12. The molecule has 6 heteroatoms. The molecule has 0 aliphatic carbocycles. The van der Waals surface area contributed by atoms with Crippen LogP contribution in [0.1, 0.15) is 22.5 Å². The van der Waals surface area contributed by atoms with Crippen LogP contribution in [0, 0.1) is 20.8 Å². The van der Waals surface area contributed by atoms with Gasteiger partial charge < -0.3 is 10.3 Å². The minimum atomic E-state index is 0.620. The number of aromatic nitrogens is 3. The highest BCUT2D eigenvalue weighted by Gasteiger charge is 2.15. The summed E-state index contributed by atoms with van der Waals surface area (Å²) < 4.78 is 6.82. The van der Waals surface area contributed by atoms with Crippen molar-refractivity contribution >= 4 is 11.8 Å². The Morgan fingerprint density at radius 1 is 1.18 bits per heavy atom. The molecule has 2 N–H and O–H groups in total. The molecule has 0 unspecified atom stereocenters. The van der Waals surface area contributed by atoms with E-state index in [2.05, 4.69) is 42.2 Å². The SMILES string of the molecule is Cc1ccc(C)c(CSc2nnc(-c3ccoc3C)n2N)c1. The molecule has 0 saturated heterocycles. The third-order valence-corrected chi connectivity index (χ3v) is 4.62. The molecule has 0 atom stereocenters. The summed E-state index contributed by atoms with van der Waals surface area (Å²) in [6, 6.07) is 8.30. The fourth-order valence-electron chi connectivity index (χ4n) is 2.27. The van der Waals surface area contributed by atoms with Crippen LogP contribution in [0.3, 0.4) is 0 Å². The van der Waals surface area contributed by atoms with Crippen LogP contribution in [0.2, 0.25) is 0 Å². The van der Waals surface area contributed by atoms with Gasteiger partial charge in [-0.3, -0.25) is 0 Å². The van der Waals surface area contributed by atoms with Gasteiger partial charge in [0.2, 0.25) is 5.16 Å². The molecule has 3 rings (SSSR count). The normalized spacial score (nSPS) is 11.0. The van der Waals surface area contributed by atoms with Crippen LogP contribution in [0.15, 0.2) is 40.1 Å². The van der Waals surface area contributed by atoms with E-state index in [1.807, 2.05) is 13.0 Å². The van der Waals surface area contributed by atoms with E-state index in [0.717, 1.165) is 17.1 Å². The summed E-state index contributed by atoms with van der Waals surface area (Å²) >= 11 is 1.58. The number of aryl methyl sites for hydroxylation is 3. The molecule has 0 amide bonds. The van der Waals surface area contributed by atoms with E-state index < -0.39 is 0 Å². The third kappa shape index (κ3) is 2.74. The Hall–Kier alpha value is -2.21. The van der Waals surface area contributed by atoms with Gasteiger partial charge in [0.15, 0.2) is 5.82 Å². The van der Waals surface area contributed by atoms with Gasteiger partial charge in [0.05, 0.1) is 11.8 Å². The number of rotatable bonds is 4. The second kappa shape index (κ2) is 5.88. The van der Waals surface area contributed by atoms with E-state index >= 15 is 0 Å². The lowest BCUT2D eigenvalue weighted by Crippen LogP contribution is -2.11. The number of hydrogen-bond donors (Lipinski definition) is 1. The van der Waals surface area contributed by atoms with Crippen LogP contribution < -0.4 is 5.84 Å². The average molecular weight is 314 g/mol. The first-order valence-electron chi connectivity index (χ1n) is 7.00. The van der Waals surface area contributed by atoms with Crippen molar-refractivity contribution in [1.82, 2.24) is 14.9 Å². The lowest BCUT2D eigenvalue weighted by atomic mass is 10.1. The van der Waals surface area contributed by atoms with Gasteiger partial charge >= 0.3 is 0 Å². The van der Waals surface area contributed by atoms with Gasteiger partial charge in [-0.15, -0.1) is 10.2 Å². The van der Waals surface area contributed by atoms with Gasteiger partial charge in [0.1, 0.15) is 5.76 Å². The van der Waals surface area contributed by atoms with Gasteiger partial charge in [-0.1, -0.05) is 35.5 Å². The molecule has 0 fully saturated rings. The third-order valence-electron chi connectivity index (χ3n) is 3.63. The van der Waals surface area contributed by atoms with Crippen molar-refractivity contribution < 1.29 is 4.42 Å². The van der Waals surface area contributed by atoms with Crippen molar-refractivity contribution in [2.24, 2.45) is 0 Å². The first-order valence-corrected chi connectivity index (χ1v) is 7.98. The Morgan fingerprint density at radius 2 is 2.00 bits per heavy atom. The fourth-order valence-corrected chi connectivity index (χ4v) is 3.19. The second-order valence-corrected chi connectivity index (χ2v) is 6.23. The van der Waals surface area contributed by atoms with E-state index in [1.54, 1.807) is 18.0 Å². The van der Waals surface area contributed by atoms with Crippen LogP contribution in [-0.4, -0.2) is 14.9 Å². The minimum Gasteiger partial charge on any atom is -0.469 e. The molecule has 5 nitrogen and oxygen atoms in total. The number of nitrogen functional groups attached to an aromatic ring is 1. The number of thioether (sulfide) groups is 1. The van der Waals surface area contributed by atoms with Crippen LogP contribution in [0.25, 0.3) is 11.4 Å². The zero-order valence-corrected chi connectivity index (χ0v) is 13.6. The van der Waals surface area contributed by atoms with Crippen molar-refractivity contribution in [2.75, 3.05) is 5.84 Å². The summed E-state index contributed by atoms with van der Waals surface area (Å²) in [6.07, 6.45) is 1.63. The summed E-state index contributed by atoms with van der Waals surface area (Å²) in [5, 5.41) is 9.06. The molecule has 0 aliphatic heterocycles. The zero-order chi connectivity index (χ0) is 15.7. The van der Waals surface area contributed by atoms with Gasteiger partial charge in [0.25, 0.3) is 0 Å². The Morgan fingerprint density at radius 3 is 2.73 bits per heavy atom. The summed E-state index contributed by atoms with van der Waals surface area (Å²) in [5.74, 6) is 8.34. The molecule has 0 radical (unpaired) electrons. The number of nitrogens with two attached hydrogens (primary N) is 1. The molecular weight excluding hydrogens is 296 g/mol. The van der Waals surface area contributed by atoms with Gasteiger partial charge in [-0.2, -0.15) is 0 Å². The molecule has 1 aromatic carbocycles. The highest BCUT2D eigenvalue weighted by atomic mass is 32.2. The van der Waals surface area contributed by atoms with Crippen molar-refractivity contribution in [2.45, 2.75) is 31.7 Å². The zero-order valence-electron chi connectivity index (χ0n) is 12.8. The highest BCUT2D eigenvalue weighted by Crippen LogP contribution is 2.27. The molecule has 2 aromatic heterocycles. The molecule has 3 aromatic rings. The topological polar surface area (TPSA) is 69.9 Å². The van der Waals surface area contributed by atoms with Crippen molar-refractivity contribution in [3.63, 3.8) is 0 Å². The maximum absolute atomic E-state index is 6.12. The summed E-state index contributed by atoms with van der Waals surface area (Å²) in [5.41, 5.74) is 4.68. The van der Waals surface area contributed by atoms with Crippen molar-refractivity contribution in [3.05, 3.63) is 53.0 Å². The molecule has 0 spiro atoms. The van der Waals surface area contributed by atoms with Gasteiger partial charge in [-0.05, 0) is 38.0 Å². The van der Waals surface area contributed by atoms with Crippen LogP contribution in [-0.2, 0) is 5.75 Å². The van der Waals surface area contributed by atoms with Crippen molar-refractivity contribution in [3.8, 4) is 11.4 Å². The monoisotopic (exact) mass is 314 g/mol. The lowest BCUT2D eigenvalue weighted by molar-refractivity contribution is 0.535. The van der Waals surface area contributed by atoms with E-state index in [9.17, 15) is 0 Å². The van der Waals surface area contributed by atoms with E-state index in [4.69, 9.17) is 10.3 Å². The number of benzene rings is 1. The smallest absolute Gasteiger partial charge is 0.210 e. The second-order valence-electron chi connectivity index (χ2n) is 5.29. The van der Waals surface area contributed by atoms with Crippen LogP contribution in [0.5, 0.6) is 0 Å². The summed E-state index contributed by atoms with van der Waals surface area (Å²) in [7, 11) is 0. The number of nitrogens with zero attached hydrogens (tertiary/aromatic N) is 3. The standard InChI is InChI=1S/C16H18N4OS/c1-10-4-5-11(2)13(8-10)9-22-16-19-18-15(20(16)17)14-6-7-21-12(14)3/h4-8H,9,17H2,1-3H3. The van der Waals surface area contributed by atoms with Crippen molar-refractivity contribution in [1.29, 1.82) is 0 Å². The molecule has 22 heavy (non-hydrogen) atoms. The number of hydrogen-bond acceptors (Lipinski definition) is 5. The molecule has 0 saturated carbocycles. The van der Waals surface area contributed by atoms with Gasteiger partial charge in [0, 0.05) is 5.75 Å². The van der Waals surface area contributed by atoms with Crippen LogP contribution in [0.4, 0.5) is 0 Å². The molecule has 2 heterocycles. The maximum Gasteiger partial charge on any atom is 0.210 e. The first-order chi connectivity index (χ1) is 10.6. The predicted octanol–water partition coefficient (Wildman–Crippen LogP) is 3.47. The predicted molar refractivity (Wildman–Crippen MR) is 88.1 cm³/mol. The minimum absolute atomic E-state index is 0.620. The molecule has 0 bridgehead atoms. The summed E-state index contributed by atoms with van der Waals surface area (Å²) in [4.78, 5) is 0. The molecule has 114 valence electrons. The van der Waals surface area contributed by atoms with Gasteiger partial charge in [-0.25, -0.2) is 4.68 Å². The average Bonchev–Trinajstić information content (AvgIpc) is 3.06. The Bertz CT molecular complexity index is 806. The Balaban J connectivity index is 1.81. The number of furan rings is 1. The van der Waals surface area contributed by atoms with E-state index in [1.165, 1.54) is 21.4 Å². The van der Waals surface area contributed by atoms with E-state index in [0.29, 0.717) is 11.0 Å². The Kier molecular flexibility index (Phi) is 3.94. The summed E-state index contributed by atoms with van der Waals surface area (Å²) in [6.45, 7) is 6.09. The fraction of sp³-hybridized carbons (Fsp3) is 0.250. The Labute approximate surface area is 133 Å². The largest absolute Gasteiger partial charge is 0.469 e. The first kappa shape index (κ1) is 14.7. The van der Waals surface area contributed by atoms with Crippen LogP contribution >= 0.6 is 11.8 Å². The quantitative estimate of drug-likeness (QED) is 0.590. The lowest BCUT2D eigenvalue weighted by Gasteiger charge is -2.07. The van der Waals surface area contributed by atoms with E-state index in [-0.39, 0.29) is 0 Å². The molecular formula is C16H18N4OS. The highest BCUT2D eigenvalue weighted by molar-refractivity contribution is 7.98. The molecule has 0 aliphatic rings.